The summed E-state index contributed by atoms with van der Waals surface area (Å²) < 4.78 is 12.2. The highest BCUT2D eigenvalue weighted by Gasteiger charge is 2.36. The van der Waals surface area contributed by atoms with Gasteiger partial charge in [-0.2, -0.15) is 0 Å². The van der Waals surface area contributed by atoms with Crippen molar-refractivity contribution in [3.05, 3.63) is 22.5 Å². The first kappa shape index (κ1) is 23.1. The predicted octanol–water partition coefficient (Wildman–Crippen LogP) is 3.15. The number of amides is 1. The Hall–Kier alpha value is -2.15. The minimum Gasteiger partial charge on any atom is -0.461 e. The summed E-state index contributed by atoms with van der Waals surface area (Å²) in [6.45, 7) is 10.6. The topological polar surface area (TPSA) is 77.8 Å². The zero-order chi connectivity index (χ0) is 21.7. The molecule has 7 heteroatoms. The van der Waals surface area contributed by atoms with Crippen LogP contribution in [0.15, 0.2) is 0 Å². The Morgan fingerprint density at radius 3 is 2.34 bits per heavy atom. The van der Waals surface area contributed by atoms with Crippen LogP contribution in [0, 0.1) is 19.8 Å². The fourth-order valence-electron chi connectivity index (χ4n) is 4.04. The van der Waals surface area contributed by atoms with Crippen molar-refractivity contribution in [1.82, 2.24) is 9.47 Å². The van der Waals surface area contributed by atoms with Gasteiger partial charge in [0.1, 0.15) is 5.69 Å². The van der Waals surface area contributed by atoms with Crippen molar-refractivity contribution in [1.29, 1.82) is 0 Å². The summed E-state index contributed by atoms with van der Waals surface area (Å²) in [4.78, 5) is 40.6. The molecule has 1 heterocycles. The molecule has 1 aromatic rings. The Morgan fingerprint density at radius 1 is 1.21 bits per heavy atom. The van der Waals surface area contributed by atoms with Gasteiger partial charge in [0.05, 0.1) is 19.3 Å². The van der Waals surface area contributed by atoms with Crippen LogP contribution in [-0.4, -0.2) is 60.0 Å². The summed E-state index contributed by atoms with van der Waals surface area (Å²) >= 11 is 0. The molecule has 0 N–H and O–H groups in total. The molecule has 0 aromatic carbocycles. The number of carbonyl (C=O) groups excluding carboxylic acids is 3. The molecule has 1 saturated carbocycles. The molecule has 0 spiro atoms. The number of esters is 1. The second kappa shape index (κ2) is 10.1. The maximum atomic E-state index is 13.5. The average molecular weight is 407 g/mol. The van der Waals surface area contributed by atoms with Crippen molar-refractivity contribution in [3.8, 4) is 0 Å². The highest BCUT2D eigenvalue weighted by Crippen LogP contribution is 2.30. The van der Waals surface area contributed by atoms with E-state index in [2.05, 4.69) is 0 Å². The van der Waals surface area contributed by atoms with E-state index in [0.29, 0.717) is 36.5 Å². The summed E-state index contributed by atoms with van der Waals surface area (Å²) in [6, 6.07) is -0.626. The van der Waals surface area contributed by atoms with Gasteiger partial charge < -0.3 is 18.9 Å². The SMILES string of the molecule is CCOC(=O)c1c(C)c(C(=O)C(C)N(CCOC)C(=O)C2CCC2)c(C)n1CC. The van der Waals surface area contributed by atoms with E-state index in [1.54, 1.807) is 32.8 Å². The summed E-state index contributed by atoms with van der Waals surface area (Å²) in [5, 5.41) is 0. The van der Waals surface area contributed by atoms with E-state index >= 15 is 0 Å². The van der Waals surface area contributed by atoms with Crippen LogP contribution in [-0.2, 0) is 20.8 Å². The monoisotopic (exact) mass is 406 g/mol. The van der Waals surface area contributed by atoms with Crippen molar-refractivity contribution < 1.29 is 23.9 Å². The van der Waals surface area contributed by atoms with Crippen LogP contribution in [0.1, 0.15) is 72.1 Å². The number of ketones is 1. The van der Waals surface area contributed by atoms with Crippen molar-refractivity contribution in [3.63, 3.8) is 0 Å². The third kappa shape index (κ3) is 4.55. The second-order valence-electron chi connectivity index (χ2n) is 7.59. The molecule has 0 bridgehead atoms. The van der Waals surface area contributed by atoms with E-state index in [1.165, 1.54) is 0 Å². The lowest BCUT2D eigenvalue weighted by Crippen LogP contribution is -2.48. The molecule has 1 unspecified atom stereocenters. The van der Waals surface area contributed by atoms with Crippen LogP contribution in [0.4, 0.5) is 0 Å². The molecule has 1 aromatic heterocycles. The van der Waals surface area contributed by atoms with Crippen LogP contribution in [0.5, 0.6) is 0 Å². The number of hydrogen-bond acceptors (Lipinski definition) is 5. The number of ether oxygens (including phenoxy) is 2. The Morgan fingerprint density at radius 2 is 1.86 bits per heavy atom. The van der Waals surface area contributed by atoms with Crippen LogP contribution in [0.3, 0.4) is 0 Å². The van der Waals surface area contributed by atoms with Gasteiger partial charge in [-0.15, -0.1) is 0 Å². The summed E-state index contributed by atoms with van der Waals surface area (Å²) in [5.41, 5.74) is 2.26. The van der Waals surface area contributed by atoms with E-state index in [0.717, 1.165) is 25.0 Å². The van der Waals surface area contributed by atoms with Crippen molar-refractivity contribution in [2.24, 2.45) is 5.92 Å². The fourth-order valence-corrected chi connectivity index (χ4v) is 4.04. The maximum Gasteiger partial charge on any atom is 0.355 e. The lowest BCUT2D eigenvalue weighted by molar-refractivity contribution is -0.140. The van der Waals surface area contributed by atoms with Gasteiger partial charge in [-0.05, 0) is 53.0 Å². The third-order valence-electron chi connectivity index (χ3n) is 5.92. The van der Waals surface area contributed by atoms with E-state index in [1.807, 2.05) is 18.4 Å². The number of hydrogen-bond donors (Lipinski definition) is 0. The molecule has 2 rings (SSSR count). The molecule has 7 nitrogen and oxygen atoms in total. The van der Waals surface area contributed by atoms with Crippen molar-refractivity contribution in [2.45, 2.75) is 66.5 Å². The number of rotatable bonds is 10. The van der Waals surface area contributed by atoms with Crippen LogP contribution < -0.4 is 0 Å². The second-order valence-corrected chi connectivity index (χ2v) is 7.59. The molecule has 0 saturated heterocycles. The fraction of sp³-hybridized carbons (Fsp3) is 0.682. The molecule has 0 aliphatic heterocycles. The van der Waals surface area contributed by atoms with Crippen molar-refractivity contribution in [2.75, 3.05) is 26.9 Å². The van der Waals surface area contributed by atoms with Gasteiger partial charge in [-0.1, -0.05) is 6.42 Å². The molecule has 162 valence electrons. The molecule has 29 heavy (non-hydrogen) atoms. The van der Waals surface area contributed by atoms with Gasteiger partial charge in [0.2, 0.25) is 5.91 Å². The minimum absolute atomic E-state index is 0.000340. The molecule has 0 radical (unpaired) electrons. The average Bonchev–Trinajstić information content (AvgIpc) is 2.89. The largest absolute Gasteiger partial charge is 0.461 e. The Bertz CT molecular complexity index is 764. The predicted molar refractivity (Wildman–Crippen MR) is 110 cm³/mol. The van der Waals surface area contributed by atoms with E-state index in [-0.39, 0.29) is 24.2 Å². The van der Waals surface area contributed by atoms with Crippen LogP contribution in [0.25, 0.3) is 0 Å². The maximum absolute atomic E-state index is 13.5. The third-order valence-corrected chi connectivity index (χ3v) is 5.92. The Balaban J connectivity index is 2.40. The quantitative estimate of drug-likeness (QED) is 0.441. The lowest BCUT2D eigenvalue weighted by atomic mass is 9.84. The number of carbonyl (C=O) groups is 3. The van der Waals surface area contributed by atoms with Crippen LogP contribution >= 0.6 is 0 Å². The molecule has 1 atom stereocenters. The van der Waals surface area contributed by atoms with E-state index in [4.69, 9.17) is 9.47 Å². The highest BCUT2D eigenvalue weighted by atomic mass is 16.5. The van der Waals surface area contributed by atoms with Gasteiger partial charge in [-0.3, -0.25) is 9.59 Å². The van der Waals surface area contributed by atoms with Gasteiger partial charge in [0.15, 0.2) is 5.78 Å². The molecule has 1 aliphatic rings. The minimum atomic E-state index is -0.626. The molecular weight excluding hydrogens is 372 g/mol. The summed E-state index contributed by atoms with van der Waals surface area (Å²) in [6.07, 6.45) is 2.80. The Kier molecular flexibility index (Phi) is 8.02. The Labute approximate surface area is 173 Å². The number of methoxy groups -OCH3 is 1. The molecule has 1 aliphatic carbocycles. The summed E-state index contributed by atoms with van der Waals surface area (Å²) in [5.74, 6) is -0.561. The molecule has 1 amide bonds. The zero-order valence-electron chi connectivity index (χ0n) is 18.5. The van der Waals surface area contributed by atoms with Gasteiger partial charge in [-0.25, -0.2) is 4.79 Å². The van der Waals surface area contributed by atoms with E-state index in [9.17, 15) is 14.4 Å². The van der Waals surface area contributed by atoms with Gasteiger partial charge >= 0.3 is 5.97 Å². The zero-order valence-corrected chi connectivity index (χ0v) is 18.5. The normalized spacial score (nSPS) is 15.0. The van der Waals surface area contributed by atoms with Crippen molar-refractivity contribution >= 4 is 17.7 Å². The first-order valence-electron chi connectivity index (χ1n) is 10.5. The number of Topliss-reactive ketones (excluding diaryl/α,β-unsaturated/α-hetero) is 1. The standard InChI is InChI=1S/C22H34N2O5/c1-7-23-15(4)18(14(3)19(23)22(27)29-8-2)20(25)16(5)24(12-13-28-6)21(26)17-10-9-11-17/h16-17H,7-13H2,1-6H3. The van der Waals surface area contributed by atoms with E-state index < -0.39 is 12.0 Å². The number of aromatic nitrogens is 1. The molecule has 1 fully saturated rings. The molecular formula is C22H34N2O5. The first-order chi connectivity index (χ1) is 13.8. The first-order valence-corrected chi connectivity index (χ1v) is 10.5. The number of nitrogens with zero attached hydrogens (tertiary/aromatic N) is 2. The highest BCUT2D eigenvalue weighted by molar-refractivity contribution is 6.06. The van der Waals surface area contributed by atoms with Crippen LogP contribution in [0.2, 0.25) is 0 Å². The van der Waals surface area contributed by atoms with Gasteiger partial charge in [0.25, 0.3) is 0 Å². The smallest absolute Gasteiger partial charge is 0.355 e. The van der Waals surface area contributed by atoms with Gasteiger partial charge in [0, 0.05) is 37.4 Å². The summed E-state index contributed by atoms with van der Waals surface area (Å²) in [7, 11) is 1.58. The lowest BCUT2D eigenvalue weighted by Gasteiger charge is -2.35.